The Kier molecular flexibility index (Phi) is 3.97. The molecule has 2 heterocycles. The minimum absolute atomic E-state index is 0.0999. The fourth-order valence-electron chi connectivity index (χ4n) is 2.38. The third-order valence-electron chi connectivity index (χ3n) is 3.82. The van der Waals surface area contributed by atoms with Crippen LogP contribution in [-0.4, -0.2) is 37.8 Å². The number of H-pyrrole nitrogens is 1. The lowest BCUT2D eigenvalue weighted by Crippen LogP contribution is -2.27. The molecule has 118 valence electrons. The molecule has 0 aliphatic rings. The van der Waals surface area contributed by atoms with Crippen molar-refractivity contribution >= 4 is 5.91 Å². The topological polar surface area (TPSA) is 66.8 Å². The van der Waals surface area contributed by atoms with E-state index < -0.39 is 0 Å². The zero-order chi connectivity index (χ0) is 16.4. The standard InChI is InChI=1S/C17H19N5O/c1-12-4-6-13(7-5-12)15-10-16(20-19-15)17(23)21(2)11-14-8-9-18-22(14)3/h4-10H,11H2,1-3H3,(H,19,20). The minimum Gasteiger partial charge on any atom is -0.335 e. The summed E-state index contributed by atoms with van der Waals surface area (Å²) >= 11 is 0. The summed E-state index contributed by atoms with van der Waals surface area (Å²) in [5, 5.41) is 11.2. The number of benzene rings is 1. The number of carbonyl (C=O) groups excluding carboxylic acids is 1. The molecule has 6 heteroatoms. The Balaban J connectivity index is 1.75. The molecule has 0 unspecified atom stereocenters. The molecule has 0 radical (unpaired) electrons. The van der Waals surface area contributed by atoms with Crippen LogP contribution in [0.5, 0.6) is 0 Å². The summed E-state index contributed by atoms with van der Waals surface area (Å²) in [4.78, 5) is 14.1. The van der Waals surface area contributed by atoms with Crippen molar-refractivity contribution in [1.29, 1.82) is 0 Å². The van der Waals surface area contributed by atoms with E-state index in [1.807, 2.05) is 44.3 Å². The molecule has 1 aromatic carbocycles. The van der Waals surface area contributed by atoms with E-state index in [1.54, 1.807) is 28.9 Å². The molecule has 6 nitrogen and oxygen atoms in total. The van der Waals surface area contributed by atoms with Gasteiger partial charge in [0.05, 0.1) is 17.9 Å². The smallest absolute Gasteiger partial charge is 0.271 e. The van der Waals surface area contributed by atoms with Gasteiger partial charge in [-0.25, -0.2) is 0 Å². The second-order valence-electron chi connectivity index (χ2n) is 5.64. The van der Waals surface area contributed by atoms with Crippen LogP contribution in [0.3, 0.4) is 0 Å². The zero-order valence-electron chi connectivity index (χ0n) is 13.4. The summed E-state index contributed by atoms with van der Waals surface area (Å²) in [6, 6.07) is 11.7. The van der Waals surface area contributed by atoms with Gasteiger partial charge < -0.3 is 4.90 Å². The van der Waals surface area contributed by atoms with E-state index >= 15 is 0 Å². The predicted molar refractivity (Wildman–Crippen MR) is 87.8 cm³/mol. The number of amides is 1. The summed E-state index contributed by atoms with van der Waals surface area (Å²) in [7, 11) is 3.63. The van der Waals surface area contributed by atoms with Crippen LogP contribution in [0.4, 0.5) is 0 Å². The van der Waals surface area contributed by atoms with Crippen molar-refractivity contribution in [3.63, 3.8) is 0 Å². The van der Waals surface area contributed by atoms with Crippen molar-refractivity contribution in [2.24, 2.45) is 7.05 Å². The van der Waals surface area contributed by atoms with Crippen LogP contribution in [-0.2, 0) is 13.6 Å². The summed E-state index contributed by atoms with van der Waals surface area (Å²) in [6.07, 6.45) is 1.72. The fourth-order valence-corrected chi connectivity index (χ4v) is 2.38. The summed E-state index contributed by atoms with van der Waals surface area (Å²) in [5.41, 5.74) is 4.39. The van der Waals surface area contributed by atoms with Crippen molar-refractivity contribution < 1.29 is 4.79 Å². The first-order valence-corrected chi connectivity index (χ1v) is 7.39. The molecule has 0 saturated carbocycles. The quantitative estimate of drug-likeness (QED) is 0.804. The number of aromatic nitrogens is 4. The monoisotopic (exact) mass is 309 g/mol. The van der Waals surface area contributed by atoms with E-state index in [9.17, 15) is 4.79 Å². The summed E-state index contributed by atoms with van der Waals surface area (Å²) in [6.45, 7) is 2.53. The van der Waals surface area contributed by atoms with Crippen molar-refractivity contribution in [2.75, 3.05) is 7.05 Å². The first-order chi connectivity index (χ1) is 11.0. The molecule has 23 heavy (non-hydrogen) atoms. The molecule has 0 aliphatic carbocycles. The second-order valence-corrected chi connectivity index (χ2v) is 5.64. The lowest BCUT2D eigenvalue weighted by Gasteiger charge is -2.15. The predicted octanol–water partition coefficient (Wildman–Crippen LogP) is 2.39. The highest BCUT2D eigenvalue weighted by Gasteiger charge is 2.16. The normalized spacial score (nSPS) is 10.7. The van der Waals surface area contributed by atoms with Crippen LogP contribution in [0, 0.1) is 6.92 Å². The number of aryl methyl sites for hydroxylation is 2. The maximum absolute atomic E-state index is 12.5. The third kappa shape index (κ3) is 3.15. The average molecular weight is 309 g/mol. The molecule has 3 rings (SSSR count). The van der Waals surface area contributed by atoms with Crippen LogP contribution in [0.15, 0.2) is 42.6 Å². The van der Waals surface area contributed by atoms with Crippen molar-refractivity contribution in [2.45, 2.75) is 13.5 Å². The number of carbonyl (C=O) groups is 1. The van der Waals surface area contributed by atoms with E-state index in [0.29, 0.717) is 12.2 Å². The molecule has 1 amide bonds. The van der Waals surface area contributed by atoms with Gasteiger partial charge in [-0.3, -0.25) is 14.6 Å². The highest BCUT2D eigenvalue weighted by molar-refractivity contribution is 5.93. The number of nitrogens with zero attached hydrogens (tertiary/aromatic N) is 4. The number of nitrogens with one attached hydrogen (secondary N) is 1. The molecule has 0 bridgehead atoms. The molecular formula is C17H19N5O. The van der Waals surface area contributed by atoms with Gasteiger partial charge in [0.2, 0.25) is 0 Å². The van der Waals surface area contributed by atoms with Crippen LogP contribution >= 0.6 is 0 Å². The average Bonchev–Trinajstić information content (AvgIpc) is 3.17. The maximum Gasteiger partial charge on any atom is 0.271 e. The molecule has 0 fully saturated rings. The van der Waals surface area contributed by atoms with E-state index in [2.05, 4.69) is 15.3 Å². The van der Waals surface area contributed by atoms with E-state index in [0.717, 1.165) is 17.0 Å². The SMILES string of the molecule is Cc1ccc(-c2cc(C(=O)N(C)Cc3ccnn3C)[nH]n2)cc1. The van der Waals surface area contributed by atoms with E-state index in [4.69, 9.17) is 0 Å². The molecule has 0 atom stereocenters. The lowest BCUT2D eigenvalue weighted by atomic mass is 10.1. The summed E-state index contributed by atoms with van der Waals surface area (Å²) in [5.74, 6) is -0.0999. The number of hydrogen-bond donors (Lipinski definition) is 1. The highest BCUT2D eigenvalue weighted by Crippen LogP contribution is 2.19. The summed E-state index contributed by atoms with van der Waals surface area (Å²) < 4.78 is 1.76. The highest BCUT2D eigenvalue weighted by atomic mass is 16.2. The Labute approximate surface area is 134 Å². The van der Waals surface area contributed by atoms with E-state index in [-0.39, 0.29) is 5.91 Å². The van der Waals surface area contributed by atoms with Crippen molar-refractivity contribution in [1.82, 2.24) is 24.9 Å². The van der Waals surface area contributed by atoms with Gasteiger partial charge in [0.25, 0.3) is 5.91 Å². The minimum atomic E-state index is -0.0999. The Hall–Kier alpha value is -2.89. The Bertz CT molecular complexity index is 816. The Morgan fingerprint density at radius 3 is 2.65 bits per heavy atom. The zero-order valence-corrected chi connectivity index (χ0v) is 13.4. The van der Waals surface area contributed by atoms with Gasteiger partial charge in [-0.15, -0.1) is 0 Å². The van der Waals surface area contributed by atoms with Gasteiger partial charge >= 0.3 is 0 Å². The third-order valence-corrected chi connectivity index (χ3v) is 3.82. The van der Waals surface area contributed by atoms with E-state index in [1.165, 1.54) is 5.56 Å². The van der Waals surface area contributed by atoms with Crippen LogP contribution in [0.25, 0.3) is 11.3 Å². The van der Waals surface area contributed by atoms with Gasteiger partial charge in [-0.05, 0) is 19.1 Å². The first kappa shape index (κ1) is 15.0. The number of rotatable bonds is 4. The number of aromatic amines is 1. The Morgan fingerprint density at radius 1 is 1.26 bits per heavy atom. The molecule has 0 saturated heterocycles. The molecule has 0 aliphatic heterocycles. The van der Waals surface area contributed by atoms with Gasteiger partial charge in [-0.2, -0.15) is 10.2 Å². The molecule has 3 aromatic rings. The second kappa shape index (κ2) is 6.08. The van der Waals surface area contributed by atoms with Gasteiger partial charge in [0.15, 0.2) is 0 Å². The van der Waals surface area contributed by atoms with Gasteiger partial charge in [0.1, 0.15) is 5.69 Å². The van der Waals surface area contributed by atoms with Crippen LogP contribution < -0.4 is 0 Å². The Morgan fingerprint density at radius 2 is 2.00 bits per heavy atom. The molecule has 1 N–H and O–H groups in total. The van der Waals surface area contributed by atoms with Crippen LogP contribution in [0.2, 0.25) is 0 Å². The molecule has 2 aromatic heterocycles. The largest absolute Gasteiger partial charge is 0.335 e. The number of hydrogen-bond acceptors (Lipinski definition) is 3. The van der Waals surface area contributed by atoms with Gasteiger partial charge in [0, 0.05) is 25.9 Å². The van der Waals surface area contributed by atoms with Crippen LogP contribution in [0.1, 0.15) is 21.7 Å². The molecular weight excluding hydrogens is 290 g/mol. The first-order valence-electron chi connectivity index (χ1n) is 7.39. The fraction of sp³-hybridized carbons (Fsp3) is 0.235. The van der Waals surface area contributed by atoms with Crippen molar-refractivity contribution in [3.8, 4) is 11.3 Å². The van der Waals surface area contributed by atoms with Gasteiger partial charge in [-0.1, -0.05) is 29.8 Å². The van der Waals surface area contributed by atoms with Crippen molar-refractivity contribution in [3.05, 3.63) is 59.5 Å². The lowest BCUT2D eigenvalue weighted by molar-refractivity contribution is 0.0776. The maximum atomic E-state index is 12.5. The molecule has 0 spiro atoms.